The van der Waals surface area contributed by atoms with Crippen molar-refractivity contribution in [3.63, 3.8) is 0 Å². The number of halogens is 3. The predicted octanol–water partition coefficient (Wildman–Crippen LogP) is 3.98. The van der Waals surface area contributed by atoms with Crippen molar-refractivity contribution in [3.05, 3.63) is 53.6 Å². The molecule has 0 radical (unpaired) electrons. The second kappa shape index (κ2) is 8.00. The van der Waals surface area contributed by atoms with Gasteiger partial charge in [-0.15, -0.1) is 0 Å². The highest BCUT2D eigenvalue weighted by atomic mass is 32.2. The van der Waals surface area contributed by atoms with Gasteiger partial charge >= 0.3 is 6.18 Å². The molecule has 0 aliphatic carbocycles. The highest BCUT2D eigenvalue weighted by Crippen LogP contribution is 2.37. The molecule has 3 N–H and O–H groups in total. The molecule has 9 heteroatoms. The fourth-order valence-corrected chi connectivity index (χ4v) is 4.14. The van der Waals surface area contributed by atoms with Gasteiger partial charge in [-0.25, -0.2) is 8.42 Å². The Kier molecular flexibility index (Phi) is 5.85. The first kappa shape index (κ1) is 20.5. The van der Waals surface area contributed by atoms with Crippen molar-refractivity contribution >= 4 is 21.4 Å². The summed E-state index contributed by atoms with van der Waals surface area (Å²) in [4.78, 5) is 0.0471. The highest BCUT2D eigenvalue weighted by molar-refractivity contribution is 7.92. The SMILES string of the molecule is Cc1ccc(S(=O)(=O)Nc2ccc(C(F)(F)F)c(NC3CCNCC3)c2)cc1. The van der Waals surface area contributed by atoms with Crippen LogP contribution in [0, 0.1) is 6.92 Å². The maximum Gasteiger partial charge on any atom is 0.418 e. The number of rotatable bonds is 5. The van der Waals surface area contributed by atoms with Crippen LogP contribution in [-0.2, 0) is 16.2 Å². The third kappa shape index (κ3) is 4.96. The summed E-state index contributed by atoms with van der Waals surface area (Å²) in [7, 11) is -3.90. The number of benzene rings is 2. The number of sulfonamides is 1. The van der Waals surface area contributed by atoms with E-state index in [-0.39, 0.29) is 22.3 Å². The fraction of sp³-hybridized carbons (Fsp3) is 0.368. The van der Waals surface area contributed by atoms with E-state index in [0.717, 1.165) is 30.8 Å². The summed E-state index contributed by atoms with van der Waals surface area (Å²) in [6.45, 7) is 3.27. The number of piperidine rings is 1. The number of hydrogen-bond acceptors (Lipinski definition) is 4. The molecule has 0 saturated carbocycles. The Hall–Kier alpha value is -2.26. The van der Waals surface area contributed by atoms with Crippen LogP contribution in [0.4, 0.5) is 24.5 Å². The number of anilines is 2. The quantitative estimate of drug-likeness (QED) is 0.694. The lowest BCUT2D eigenvalue weighted by Gasteiger charge is -2.26. The largest absolute Gasteiger partial charge is 0.418 e. The Morgan fingerprint density at radius 3 is 2.29 bits per heavy atom. The summed E-state index contributed by atoms with van der Waals surface area (Å²) in [6, 6.07) is 9.35. The van der Waals surface area contributed by atoms with Gasteiger partial charge < -0.3 is 10.6 Å². The van der Waals surface area contributed by atoms with Crippen LogP contribution in [0.1, 0.15) is 24.0 Å². The van der Waals surface area contributed by atoms with E-state index in [1.165, 1.54) is 18.2 Å². The average molecular weight is 413 g/mol. The first-order valence-corrected chi connectivity index (χ1v) is 10.4. The van der Waals surface area contributed by atoms with E-state index < -0.39 is 21.8 Å². The third-order valence-electron chi connectivity index (χ3n) is 4.61. The standard InChI is InChI=1S/C19H22F3N3O2S/c1-13-2-5-16(6-3-13)28(26,27)25-15-4-7-17(19(20,21)22)18(12-15)24-14-8-10-23-11-9-14/h2-7,12,14,23-25H,8-11H2,1H3. The molecule has 0 spiro atoms. The van der Waals surface area contributed by atoms with Gasteiger partial charge in [-0.2, -0.15) is 13.2 Å². The molecule has 1 aliphatic rings. The molecule has 0 amide bonds. The summed E-state index contributed by atoms with van der Waals surface area (Å²) in [5, 5.41) is 6.09. The van der Waals surface area contributed by atoms with Gasteiger partial charge in [0, 0.05) is 11.7 Å². The lowest BCUT2D eigenvalue weighted by molar-refractivity contribution is -0.137. The molecule has 2 aromatic carbocycles. The molecule has 152 valence electrons. The summed E-state index contributed by atoms with van der Waals surface area (Å²) in [6.07, 6.45) is -3.16. The van der Waals surface area contributed by atoms with Crippen molar-refractivity contribution in [2.45, 2.75) is 36.9 Å². The molecule has 1 fully saturated rings. The topological polar surface area (TPSA) is 70.2 Å². The first-order chi connectivity index (χ1) is 13.1. The van der Waals surface area contributed by atoms with E-state index in [1.807, 2.05) is 6.92 Å². The van der Waals surface area contributed by atoms with Crippen LogP contribution in [0.3, 0.4) is 0 Å². The van der Waals surface area contributed by atoms with E-state index in [4.69, 9.17) is 0 Å². The molecule has 5 nitrogen and oxygen atoms in total. The van der Waals surface area contributed by atoms with E-state index in [1.54, 1.807) is 12.1 Å². The second-order valence-corrected chi connectivity index (χ2v) is 8.53. The zero-order valence-electron chi connectivity index (χ0n) is 15.3. The molecule has 1 aliphatic heterocycles. The van der Waals surface area contributed by atoms with Gasteiger partial charge in [0.05, 0.1) is 16.1 Å². The monoisotopic (exact) mass is 413 g/mol. The van der Waals surface area contributed by atoms with Gasteiger partial charge in [0.2, 0.25) is 0 Å². The van der Waals surface area contributed by atoms with Crippen LogP contribution < -0.4 is 15.4 Å². The molecule has 0 bridgehead atoms. The minimum absolute atomic E-state index is 0.0471. The molecule has 0 atom stereocenters. The molecule has 1 saturated heterocycles. The van der Waals surface area contributed by atoms with Crippen LogP contribution in [0.15, 0.2) is 47.4 Å². The van der Waals surface area contributed by atoms with Crippen LogP contribution in [0.5, 0.6) is 0 Å². The number of alkyl halides is 3. The number of aryl methyl sites for hydroxylation is 1. The van der Waals surface area contributed by atoms with Crippen LogP contribution in [-0.4, -0.2) is 27.5 Å². The van der Waals surface area contributed by atoms with Crippen LogP contribution in [0.2, 0.25) is 0 Å². The Morgan fingerprint density at radius 2 is 1.68 bits per heavy atom. The minimum Gasteiger partial charge on any atom is -0.382 e. The van der Waals surface area contributed by atoms with Crippen molar-refractivity contribution in [2.24, 2.45) is 0 Å². The van der Waals surface area contributed by atoms with Gasteiger partial charge in [-0.1, -0.05) is 17.7 Å². The molecular formula is C19H22F3N3O2S. The van der Waals surface area contributed by atoms with Crippen molar-refractivity contribution in [2.75, 3.05) is 23.1 Å². The van der Waals surface area contributed by atoms with Crippen LogP contribution in [0.25, 0.3) is 0 Å². The molecule has 28 heavy (non-hydrogen) atoms. The average Bonchev–Trinajstić information content (AvgIpc) is 2.62. The van der Waals surface area contributed by atoms with Gasteiger partial charge in [-0.05, 0) is 63.2 Å². The van der Waals surface area contributed by atoms with E-state index in [2.05, 4.69) is 15.4 Å². The normalized spacial score (nSPS) is 16.0. The first-order valence-electron chi connectivity index (χ1n) is 8.93. The third-order valence-corrected chi connectivity index (χ3v) is 6.00. The maximum absolute atomic E-state index is 13.4. The Morgan fingerprint density at radius 1 is 1.04 bits per heavy atom. The van der Waals surface area contributed by atoms with Gasteiger partial charge in [0.15, 0.2) is 0 Å². The molecule has 0 aromatic heterocycles. The second-order valence-electron chi connectivity index (χ2n) is 6.85. The Labute approximate surface area is 162 Å². The molecule has 2 aromatic rings. The Bertz CT molecular complexity index is 922. The summed E-state index contributed by atoms with van der Waals surface area (Å²) in [5.41, 5.74) is 0.0415. The van der Waals surface area contributed by atoms with Gasteiger partial charge in [0.1, 0.15) is 0 Å². The number of hydrogen-bond donors (Lipinski definition) is 3. The van der Waals surface area contributed by atoms with E-state index >= 15 is 0 Å². The van der Waals surface area contributed by atoms with Crippen molar-refractivity contribution in [3.8, 4) is 0 Å². The molecular weight excluding hydrogens is 391 g/mol. The lowest BCUT2D eigenvalue weighted by atomic mass is 10.0. The van der Waals surface area contributed by atoms with Crippen molar-refractivity contribution in [1.82, 2.24) is 5.32 Å². The fourth-order valence-electron chi connectivity index (χ4n) is 3.09. The Balaban J connectivity index is 1.89. The minimum atomic E-state index is -4.54. The van der Waals surface area contributed by atoms with Gasteiger partial charge in [0.25, 0.3) is 10.0 Å². The van der Waals surface area contributed by atoms with E-state index in [9.17, 15) is 21.6 Å². The highest BCUT2D eigenvalue weighted by Gasteiger charge is 2.34. The van der Waals surface area contributed by atoms with Crippen molar-refractivity contribution < 1.29 is 21.6 Å². The molecule has 0 unspecified atom stereocenters. The van der Waals surface area contributed by atoms with E-state index in [0.29, 0.717) is 12.8 Å². The smallest absolute Gasteiger partial charge is 0.382 e. The molecule has 3 rings (SSSR count). The zero-order valence-corrected chi connectivity index (χ0v) is 16.1. The maximum atomic E-state index is 13.4. The predicted molar refractivity (Wildman–Crippen MR) is 103 cm³/mol. The summed E-state index contributed by atoms with van der Waals surface area (Å²) < 4.78 is 67.6. The summed E-state index contributed by atoms with van der Waals surface area (Å²) >= 11 is 0. The number of nitrogens with one attached hydrogen (secondary N) is 3. The van der Waals surface area contributed by atoms with Crippen molar-refractivity contribution in [1.29, 1.82) is 0 Å². The van der Waals surface area contributed by atoms with Crippen LogP contribution >= 0.6 is 0 Å². The lowest BCUT2D eigenvalue weighted by Crippen LogP contribution is -2.35. The molecule has 1 heterocycles. The zero-order chi connectivity index (χ0) is 20.4. The summed E-state index contributed by atoms with van der Waals surface area (Å²) in [5.74, 6) is 0. The van der Waals surface area contributed by atoms with Gasteiger partial charge in [-0.3, -0.25) is 4.72 Å².